The highest BCUT2D eigenvalue weighted by Gasteiger charge is 2.13. The Kier molecular flexibility index (Phi) is 3.40. The SMILES string of the molecule is COc1cc(-c2nc(N)nc(O)n2)c(Cl)cc1Cl. The summed E-state index contributed by atoms with van der Waals surface area (Å²) in [5.41, 5.74) is 5.86. The van der Waals surface area contributed by atoms with Crippen molar-refractivity contribution in [2.75, 3.05) is 12.8 Å². The van der Waals surface area contributed by atoms with Crippen molar-refractivity contribution < 1.29 is 9.84 Å². The van der Waals surface area contributed by atoms with Gasteiger partial charge in [0.2, 0.25) is 5.95 Å². The highest BCUT2D eigenvalue weighted by molar-refractivity contribution is 6.37. The molecule has 3 N–H and O–H groups in total. The molecular weight excluding hydrogens is 279 g/mol. The van der Waals surface area contributed by atoms with Crippen LogP contribution in [-0.2, 0) is 0 Å². The summed E-state index contributed by atoms with van der Waals surface area (Å²) in [6.07, 6.45) is 0. The van der Waals surface area contributed by atoms with Gasteiger partial charge in [0.1, 0.15) is 5.75 Å². The van der Waals surface area contributed by atoms with Crippen LogP contribution in [-0.4, -0.2) is 27.2 Å². The molecule has 0 atom stereocenters. The van der Waals surface area contributed by atoms with E-state index in [1.807, 2.05) is 0 Å². The van der Waals surface area contributed by atoms with Crippen molar-refractivity contribution in [2.24, 2.45) is 0 Å². The number of aromatic nitrogens is 3. The molecule has 94 valence electrons. The molecule has 0 saturated heterocycles. The molecule has 8 heteroatoms. The molecule has 0 aliphatic carbocycles. The van der Waals surface area contributed by atoms with Crippen molar-refractivity contribution in [3.05, 3.63) is 22.2 Å². The van der Waals surface area contributed by atoms with Crippen molar-refractivity contribution in [3.63, 3.8) is 0 Å². The van der Waals surface area contributed by atoms with E-state index in [1.165, 1.54) is 13.2 Å². The molecule has 0 radical (unpaired) electrons. The van der Waals surface area contributed by atoms with Crippen LogP contribution < -0.4 is 10.5 Å². The smallest absolute Gasteiger partial charge is 0.319 e. The molecule has 1 aromatic heterocycles. The predicted octanol–water partition coefficient (Wildman–Crippen LogP) is 2.14. The number of rotatable bonds is 2. The minimum atomic E-state index is -0.484. The maximum Gasteiger partial charge on any atom is 0.319 e. The van der Waals surface area contributed by atoms with Gasteiger partial charge in [0.15, 0.2) is 5.82 Å². The van der Waals surface area contributed by atoms with Crippen molar-refractivity contribution >= 4 is 29.2 Å². The average Bonchev–Trinajstić information content (AvgIpc) is 2.27. The van der Waals surface area contributed by atoms with E-state index in [0.717, 1.165) is 0 Å². The fourth-order valence-electron chi connectivity index (χ4n) is 1.36. The lowest BCUT2D eigenvalue weighted by Gasteiger charge is -2.08. The van der Waals surface area contributed by atoms with Gasteiger partial charge >= 0.3 is 6.01 Å². The summed E-state index contributed by atoms with van der Waals surface area (Å²) in [6.45, 7) is 0. The quantitative estimate of drug-likeness (QED) is 0.878. The van der Waals surface area contributed by atoms with Gasteiger partial charge in [0.25, 0.3) is 0 Å². The fourth-order valence-corrected chi connectivity index (χ4v) is 1.90. The van der Waals surface area contributed by atoms with E-state index >= 15 is 0 Å². The summed E-state index contributed by atoms with van der Waals surface area (Å²) in [5.74, 6) is 0.442. The third-order valence-electron chi connectivity index (χ3n) is 2.12. The van der Waals surface area contributed by atoms with E-state index in [9.17, 15) is 5.11 Å². The van der Waals surface area contributed by atoms with Gasteiger partial charge in [-0.05, 0) is 12.1 Å². The van der Waals surface area contributed by atoms with Gasteiger partial charge in [-0.1, -0.05) is 23.2 Å². The first kappa shape index (κ1) is 12.7. The van der Waals surface area contributed by atoms with Crippen LogP contribution in [0.5, 0.6) is 11.8 Å². The normalized spacial score (nSPS) is 10.4. The van der Waals surface area contributed by atoms with Gasteiger partial charge in [-0.3, -0.25) is 0 Å². The molecule has 1 aromatic carbocycles. The summed E-state index contributed by atoms with van der Waals surface area (Å²) < 4.78 is 5.07. The zero-order valence-corrected chi connectivity index (χ0v) is 10.7. The highest BCUT2D eigenvalue weighted by Crippen LogP contribution is 2.35. The van der Waals surface area contributed by atoms with Gasteiger partial charge < -0.3 is 15.6 Å². The van der Waals surface area contributed by atoms with Crippen LogP contribution in [0, 0.1) is 0 Å². The van der Waals surface area contributed by atoms with Crippen LogP contribution in [0.4, 0.5) is 5.95 Å². The maximum absolute atomic E-state index is 9.28. The van der Waals surface area contributed by atoms with Crippen LogP contribution in [0.25, 0.3) is 11.4 Å². The number of nitrogen functional groups attached to an aromatic ring is 1. The van der Waals surface area contributed by atoms with E-state index in [0.29, 0.717) is 21.4 Å². The Bertz CT molecular complexity index is 586. The van der Waals surface area contributed by atoms with Crippen LogP contribution >= 0.6 is 23.2 Å². The van der Waals surface area contributed by atoms with Crippen molar-refractivity contribution in [3.8, 4) is 23.1 Å². The topological polar surface area (TPSA) is 94.2 Å². The third-order valence-corrected chi connectivity index (χ3v) is 2.73. The summed E-state index contributed by atoms with van der Waals surface area (Å²) in [5, 5.41) is 9.95. The summed E-state index contributed by atoms with van der Waals surface area (Å²) in [4.78, 5) is 11.1. The van der Waals surface area contributed by atoms with Crippen molar-refractivity contribution in [1.82, 2.24) is 15.0 Å². The fraction of sp³-hybridized carbons (Fsp3) is 0.100. The minimum absolute atomic E-state index is 0.109. The Morgan fingerprint density at radius 2 is 1.89 bits per heavy atom. The lowest BCUT2D eigenvalue weighted by atomic mass is 10.2. The Balaban J connectivity index is 2.62. The molecule has 0 bridgehead atoms. The first-order valence-electron chi connectivity index (χ1n) is 4.75. The summed E-state index contributed by atoms with van der Waals surface area (Å²) in [6, 6.07) is 2.56. The standard InChI is InChI=1S/C10H8Cl2N4O2/c1-18-7-2-4(5(11)3-6(7)12)8-14-9(13)16-10(17)15-8/h2-3H,1H3,(H3,13,14,15,16,17). The van der Waals surface area contributed by atoms with Gasteiger partial charge in [-0.2, -0.15) is 15.0 Å². The predicted molar refractivity (Wildman–Crippen MR) is 67.9 cm³/mol. The second-order valence-corrected chi connectivity index (χ2v) is 4.10. The Morgan fingerprint density at radius 1 is 1.17 bits per heavy atom. The van der Waals surface area contributed by atoms with E-state index in [4.69, 9.17) is 33.7 Å². The first-order valence-corrected chi connectivity index (χ1v) is 5.50. The van der Waals surface area contributed by atoms with Crippen LogP contribution in [0.2, 0.25) is 10.0 Å². The Morgan fingerprint density at radius 3 is 2.50 bits per heavy atom. The number of nitrogens with zero attached hydrogens (tertiary/aromatic N) is 3. The molecular formula is C10H8Cl2N4O2. The molecule has 18 heavy (non-hydrogen) atoms. The minimum Gasteiger partial charge on any atom is -0.495 e. The summed E-state index contributed by atoms with van der Waals surface area (Å²) >= 11 is 11.9. The third kappa shape index (κ3) is 2.39. The number of hydrogen-bond acceptors (Lipinski definition) is 6. The average molecular weight is 287 g/mol. The van der Waals surface area contributed by atoms with Crippen LogP contribution in [0.3, 0.4) is 0 Å². The Hall–Kier alpha value is -1.79. The number of aromatic hydroxyl groups is 1. The van der Waals surface area contributed by atoms with Crippen LogP contribution in [0.15, 0.2) is 12.1 Å². The monoisotopic (exact) mass is 286 g/mol. The molecule has 2 rings (SSSR count). The molecule has 0 amide bonds. The molecule has 0 unspecified atom stereocenters. The largest absolute Gasteiger partial charge is 0.495 e. The number of hydrogen-bond donors (Lipinski definition) is 2. The zero-order chi connectivity index (χ0) is 13.3. The molecule has 6 nitrogen and oxygen atoms in total. The first-order chi connectivity index (χ1) is 8.51. The zero-order valence-electron chi connectivity index (χ0n) is 9.19. The maximum atomic E-state index is 9.28. The summed E-state index contributed by atoms with van der Waals surface area (Å²) in [7, 11) is 1.47. The van der Waals surface area contributed by atoms with E-state index in [1.54, 1.807) is 6.07 Å². The molecule has 1 heterocycles. The van der Waals surface area contributed by atoms with Gasteiger partial charge in [0, 0.05) is 5.56 Å². The number of halogens is 2. The van der Waals surface area contributed by atoms with Crippen LogP contribution in [0.1, 0.15) is 0 Å². The molecule has 0 aliphatic rings. The van der Waals surface area contributed by atoms with E-state index in [2.05, 4.69) is 15.0 Å². The molecule has 0 aliphatic heterocycles. The van der Waals surface area contributed by atoms with Crippen molar-refractivity contribution in [2.45, 2.75) is 0 Å². The molecule has 0 fully saturated rings. The highest BCUT2D eigenvalue weighted by atomic mass is 35.5. The molecule has 0 saturated carbocycles. The number of anilines is 1. The van der Waals surface area contributed by atoms with Gasteiger partial charge in [-0.25, -0.2) is 0 Å². The number of nitrogens with two attached hydrogens (primary N) is 1. The second kappa shape index (κ2) is 4.83. The van der Waals surface area contributed by atoms with Gasteiger partial charge in [-0.15, -0.1) is 0 Å². The molecule has 2 aromatic rings. The number of methoxy groups -OCH3 is 1. The number of ether oxygens (including phenoxy) is 1. The van der Waals surface area contributed by atoms with E-state index < -0.39 is 6.01 Å². The van der Waals surface area contributed by atoms with E-state index in [-0.39, 0.29) is 11.8 Å². The lowest BCUT2D eigenvalue weighted by Crippen LogP contribution is -2.00. The second-order valence-electron chi connectivity index (χ2n) is 3.28. The molecule has 0 spiro atoms. The number of benzene rings is 1. The van der Waals surface area contributed by atoms with Gasteiger partial charge in [0.05, 0.1) is 17.2 Å². The lowest BCUT2D eigenvalue weighted by molar-refractivity contribution is 0.415. The Labute approximate surface area is 112 Å². The van der Waals surface area contributed by atoms with Crippen molar-refractivity contribution in [1.29, 1.82) is 0 Å².